The van der Waals surface area contributed by atoms with Crippen LogP contribution in [-0.2, 0) is 11.2 Å². The van der Waals surface area contributed by atoms with Crippen LogP contribution in [0, 0.1) is 0 Å². The number of carbonyl (C=O) groups is 1. The van der Waals surface area contributed by atoms with Gasteiger partial charge in [0, 0.05) is 10.5 Å². The summed E-state index contributed by atoms with van der Waals surface area (Å²) in [6.07, 6.45) is -0.0305. The van der Waals surface area contributed by atoms with Gasteiger partial charge >= 0.3 is 5.97 Å². The van der Waals surface area contributed by atoms with E-state index in [1.807, 2.05) is 0 Å². The number of ether oxygens (including phenoxy) is 1. The first-order valence-corrected chi connectivity index (χ1v) is 4.16. The third-order valence-corrected chi connectivity index (χ3v) is 1.89. The Kier molecular flexibility index (Phi) is 3.19. The van der Waals surface area contributed by atoms with Gasteiger partial charge in [0.1, 0.15) is 5.75 Å². The van der Waals surface area contributed by atoms with Gasteiger partial charge in [0.15, 0.2) is 0 Å². The molecule has 1 aromatic carbocycles. The lowest BCUT2D eigenvalue weighted by molar-refractivity contribution is -0.136. The van der Waals surface area contributed by atoms with E-state index in [4.69, 9.17) is 9.84 Å². The maximum Gasteiger partial charge on any atom is 0.307 e. The molecule has 1 aromatic rings. The molecule has 0 amide bonds. The van der Waals surface area contributed by atoms with Gasteiger partial charge in [-0.1, -0.05) is 6.07 Å². The summed E-state index contributed by atoms with van der Waals surface area (Å²) in [6.45, 7) is 0. The molecule has 0 aromatic heterocycles. The molecule has 4 heteroatoms. The molecule has 0 unspecified atom stereocenters. The maximum atomic E-state index is 10.4. The molecule has 0 heterocycles. The second-order valence-corrected chi connectivity index (χ2v) is 3.08. The lowest BCUT2D eigenvalue weighted by atomic mass is 10.1. The van der Waals surface area contributed by atoms with Crippen molar-refractivity contribution < 1.29 is 14.6 Å². The van der Waals surface area contributed by atoms with Gasteiger partial charge in [0.25, 0.3) is 0 Å². The van der Waals surface area contributed by atoms with Crippen molar-refractivity contribution in [2.75, 3.05) is 7.11 Å². The predicted molar refractivity (Wildman–Crippen MR) is 51.6 cm³/mol. The van der Waals surface area contributed by atoms with Gasteiger partial charge in [0.2, 0.25) is 0 Å². The van der Waals surface area contributed by atoms with Crippen LogP contribution in [0.1, 0.15) is 5.56 Å². The minimum Gasteiger partial charge on any atom is -0.496 e. The molecular formula is C9H10O3S. The molecule has 0 aliphatic rings. The molecule has 1 N–H and O–H groups in total. The molecule has 0 saturated heterocycles. The first kappa shape index (κ1) is 9.92. The number of methoxy groups -OCH3 is 1. The van der Waals surface area contributed by atoms with Crippen molar-refractivity contribution in [1.82, 2.24) is 0 Å². The standard InChI is InChI=1S/C9H10O3S/c1-12-8-5-7(13)3-2-6(8)4-9(10)11/h2-3,5,13H,4H2,1H3,(H,10,11). The van der Waals surface area contributed by atoms with Crippen molar-refractivity contribution in [3.8, 4) is 5.75 Å². The first-order chi connectivity index (χ1) is 6.13. The van der Waals surface area contributed by atoms with Gasteiger partial charge in [-0.15, -0.1) is 12.6 Å². The van der Waals surface area contributed by atoms with Crippen LogP contribution in [0.15, 0.2) is 23.1 Å². The second-order valence-electron chi connectivity index (χ2n) is 2.57. The number of benzene rings is 1. The Balaban J connectivity index is 2.99. The molecule has 3 nitrogen and oxygen atoms in total. The third-order valence-electron chi connectivity index (χ3n) is 1.61. The minimum absolute atomic E-state index is 0.0305. The van der Waals surface area contributed by atoms with Crippen LogP contribution >= 0.6 is 12.6 Å². The van der Waals surface area contributed by atoms with Crippen molar-refractivity contribution in [1.29, 1.82) is 0 Å². The highest BCUT2D eigenvalue weighted by Crippen LogP contribution is 2.22. The quantitative estimate of drug-likeness (QED) is 0.725. The first-order valence-electron chi connectivity index (χ1n) is 3.71. The van der Waals surface area contributed by atoms with Crippen LogP contribution in [0.5, 0.6) is 5.75 Å². The van der Waals surface area contributed by atoms with Crippen molar-refractivity contribution in [2.45, 2.75) is 11.3 Å². The van der Waals surface area contributed by atoms with Crippen molar-refractivity contribution in [3.05, 3.63) is 23.8 Å². The minimum atomic E-state index is -0.870. The van der Waals surface area contributed by atoms with Gasteiger partial charge in [0.05, 0.1) is 13.5 Å². The van der Waals surface area contributed by atoms with Crippen molar-refractivity contribution in [2.24, 2.45) is 0 Å². The van der Waals surface area contributed by atoms with E-state index in [1.165, 1.54) is 7.11 Å². The summed E-state index contributed by atoms with van der Waals surface area (Å²) in [7, 11) is 1.51. The number of hydrogen-bond donors (Lipinski definition) is 2. The number of carboxylic acid groups (broad SMARTS) is 1. The van der Waals surface area contributed by atoms with Gasteiger partial charge in [-0.05, 0) is 12.1 Å². The fourth-order valence-corrected chi connectivity index (χ4v) is 1.23. The number of thiol groups is 1. The SMILES string of the molecule is COc1cc(S)ccc1CC(=O)O. The van der Waals surface area contributed by atoms with E-state index in [0.29, 0.717) is 11.3 Å². The molecule has 13 heavy (non-hydrogen) atoms. The highest BCUT2D eigenvalue weighted by Gasteiger charge is 2.06. The topological polar surface area (TPSA) is 46.5 Å². The zero-order chi connectivity index (χ0) is 9.84. The molecular weight excluding hydrogens is 188 g/mol. The molecule has 0 saturated carbocycles. The average Bonchev–Trinajstić information content (AvgIpc) is 2.07. The predicted octanol–water partition coefficient (Wildman–Crippen LogP) is 1.61. The number of aliphatic carboxylic acids is 1. The molecule has 70 valence electrons. The molecule has 0 fully saturated rings. The number of hydrogen-bond acceptors (Lipinski definition) is 3. The van der Waals surface area contributed by atoms with Crippen LogP contribution in [-0.4, -0.2) is 18.2 Å². The summed E-state index contributed by atoms with van der Waals surface area (Å²) in [6, 6.07) is 5.14. The Morgan fingerprint density at radius 1 is 1.62 bits per heavy atom. The van der Waals surface area contributed by atoms with E-state index in [0.717, 1.165) is 4.90 Å². The van der Waals surface area contributed by atoms with Gasteiger partial charge in [-0.2, -0.15) is 0 Å². The Hall–Kier alpha value is -1.16. The monoisotopic (exact) mass is 198 g/mol. The summed E-state index contributed by atoms with van der Waals surface area (Å²) in [4.78, 5) is 11.2. The van der Waals surface area contributed by atoms with E-state index in [-0.39, 0.29) is 6.42 Å². The zero-order valence-electron chi connectivity index (χ0n) is 7.15. The lowest BCUT2D eigenvalue weighted by Gasteiger charge is -2.06. The Morgan fingerprint density at radius 3 is 2.85 bits per heavy atom. The van der Waals surface area contributed by atoms with Gasteiger partial charge in [-0.3, -0.25) is 4.79 Å². The lowest BCUT2D eigenvalue weighted by Crippen LogP contribution is -2.02. The van der Waals surface area contributed by atoms with E-state index in [9.17, 15) is 4.79 Å². The summed E-state index contributed by atoms with van der Waals surface area (Å²) in [5, 5.41) is 8.58. The number of rotatable bonds is 3. The van der Waals surface area contributed by atoms with E-state index in [1.54, 1.807) is 18.2 Å². The fraction of sp³-hybridized carbons (Fsp3) is 0.222. The fourth-order valence-electron chi connectivity index (χ4n) is 1.04. The molecule has 1 rings (SSSR count). The summed E-state index contributed by atoms with van der Waals surface area (Å²) in [5.74, 6) is -0.305. The van der Waals surface area contributed by atoms with E-state index in [2.05, 4.69) is 12.6 Å². The third kappa shape index (κ3) is 2.66. The van der Waals surface area contributed by atoms with E-state index >= 15 is 0 Å². The zero-order valence-corrected chi connectivity index (χ0v) is 8.04. The van der Waals surface area contributed by atoms with Crippen LogP contribution in [0.2, 0.25) is 0 Å². The Bertz CT molecular complexity index is 323. The highest BCUT2D eigenvalue weighted by molar-refractivity contribution is 7.80. The van der Waals surface area contributed by atoms with Gasteiger partial charge in [-0.25, -0.2) is 0 Å². The molecule has 0 atom stereocenters. The molecule has 0 bridgehead atoms. The molecule has 0 aliphatic heterocycles. The molecule has 0 spiro atoms. The Morgan fingerprint density at radius 2 is 2.31 bits per heavy atom. The van der Waals surface area contributed by atoms with Crippen LogP contribution < -0.4 is 4.74 Å². The van der Waals surface area contributed by atoms with Crippen molar-refractivity contribution in [3.63, 3.8) is 0 Å². The van der Waals surface area contributed by atoms with Crippen LogP contribution in [0.3, 0.4) is 0 Å². The Labute approximate surface area is 81.8 Å². The van der Waals surface area contributed by atoms with Crippen molar-refractivity contribution >= 4 is 18.6 Å². The molecule has 0 aliphatic carbocycles. The second kappa shape index (κ2) is 4.18. The summed E-state index contributed by atoms with van der Waals surface area (Å²) < 4.78 is 5.01. The van der Waals surface area contributed by atoms with Gasteiger partial charge < -0.3 is 9.84 Å². The highest BCUT2D eigenvalue weighted by atomic mass is 32.1. The average molecular weight is 198 g/mol. The maximum absolute atomic E-state index is 10.4. The van der Waals surface area contributed by atoms with Crippen LogP contribution in [0.4, 0.5) is 0 Å². The van der Waals surface area contributed by atoms with Crippen LogP contribution in [0.25, 0.3) is 0 Å². The van der Waals surface area contributed by atoms with E-state index < -0.39 is 5.97 Å². The molecule has 0 radical (unpaired) electrons. The largest absolute Gasteiger partial charge is 0.496 e. The summed E-state index contributed by atoms with van der Waals surface area (Å²) >= 11 is 4.12. The number of carboxylic acids is 1. The summed E-state index contributed by atoms with van der Waals surface area (Å²) in [5.41, 5.74) is 0.660. The smallest absolute Gasteiger partial charge is 0.307 e. The normalized spacial score (nSPS) is 9.69.